The molecule has 0 amide bonds. The molecule has 1 spiro atoms. The molecule has 2 aromatic rings. The second kappa shape index (κ2) is 8.09. The van der Waals surface area contributed by atoms with Gasteiger partial charge in [-0.3, -0.25) is 28.8 Å². The summed E-state index contributed by atoms with van der Waals surface area (Å²) in [6, 6.07) is 3.89. The van der Waals surface area contributed by atoms with Gasteiger partial charge in [-0.1, -0.05) is 6.07 Å². The van der Waals surface area contributed by atoms with Crippen molar-refractivity contribution in [1.29, 1.82) is 0 Å². The third-order valence-electron chi connectivity index (χ3n) is 7.77. The number of carbonyl (C=O) groups excluding carboxylic acids is 1. The van der Waals surface area contributed by atoms with Crippen molar-refractivity contribution in [1.82, 2.24) is 4.98 Å². The number of H-pyrrole nitrogens is 1. The van der Waals surface area contributed by atoms with E-state index in [-0.39, 0.29) is 29.6 Å². The van der Waals surface area contributed by atoms with Crippen molar-refractivity contribution in [3.05, 3.63) is 113 Å². The number of aromatic hydroxyl groups is 1. The molecule has 1 atom stereocenters. The molecule has 1 aromatic heterocycles. The Morgan fingerprint density at radius 3 is 2.20 bits per heavy atom. The molecule has 0 saturated heterocycles. The molecular formula is C29H19NO10. The SMILES string of the molecule is COc1cc(=O)c2c(=O)c3c(c(=O)c=2c1=O)=C(O)C1(CCc2cc4cc(C=CC(C)=O)[nH]c(=O)c4c(O)c21)C=3O. The van der Waals surface area contributed by atoms with Crippen LogP contribution in [0.1, 0.15) is 30.2 Å². The smallest absolute Gasteiger partial charge is 0.260 e. The van der Waals surface area contributed by atoms with Crippen molar-refractivity contribution >= 4 is 34.2 Å². The number of fused-ring (bicyclic) bond motifs is 4. The lowest BCUT2D eigenvalue weighted by molar-refractivity contribution is -0.112. The normalized spacial score (nSPS) is 17.9. The number of ketones is 1. The second-order valence-corrected chi connectivity index (χ2v) is 9.89. The average Bonchev–Trinajstić information content (AvgIpc) is 3.39. The number of phenolic OH excluding ortho intramolecular Hbond substituents is 1. The summed E-state index contributed by atoms with van der Waals surface area (Å²) in [6.07, 6.45) is 2.72. The Morgan fingerprint density at radius 2 is 1.57 bits per heavy atom. The van der Waals surface area contributed by atoms with E-state index in [2.05, 4.69) is 4.98 Å². The summed E-state index contributed by atoms with van der Waals surface area (Å²) in [5.74, 6) is -2.82. The number of carbonyl (C=O) groups is 1. The number of allylic oxidation sites excluding steroid dienone is 1. The quantitative estimate of drug-likeness (QED) is 0.237. The number of aliphatic hydroxyl groups excluding tert-OH is 2. The molecule has 200 valence electrons. The van der Waals surface area contributed by atoms with Crippen molar-refractivity contribution in [2.75, 3.05) is 7.11 Å². The third-order valence-corrected chi connectivity index (χ3v) is 7.77. The maximum Gasteiger partial charge on any atom is 0.260 e. The maximum absolute atomic E-state index is 13.5. The molecule has 4 N–H and O–H groups in total. The van der Waals surface area contributed by atoms with Gasteiger partial charge in [0, 0.05) is 17.3 Å². The van der Waals surface area contributed by atoms with Crippen LogP contribution in [0.15, 0.2) is 48.2 Å². The van der Waals surface area contributed by atoms with Gasteiger partial charge in [-0.05, 0) is 48.9 Å². The number of pyridine rings is 1. The summed E-state index contributed by atoms with van der Waals surface area (Å²) >= 11 is 0. The number of aromatic nitrogens is 1. The fraction of sp³-hybridized carbons (Fsp3) is 0.172. The van der Waals surface area contributed by atoms with Crippen LogP contribution in [0.25, 0.3) is 28.4 Å². The van der Waals surface area contributed by atoms with Crippen LogP contribution in [0.5, 0.6) is 11.5 Å². The van der Waals surface area contributed by atoms with E-state index in [0.29, 0.717) is 16.6 Å². The molecule has 0 saturated carbocycles. The zero-order valence-corrected chi connectivity index (χ0v) is 21.0. The monoisotopic (exact) mass is 541 g/mol. The van der Waals surface area contributed by atoms with Crippen LogP contribution in [0.2, 0.25) is 0 Å². The minimum absolute atomic E-state index is 0.0751. The minimum Gasteiger partial charge on any atom is -0.510 e. The van der Waals surface area contributed by atoms with Crippen molar-refractivity contribution in [2.45, 2.75) is 25.2 Å². The van der Waals surface area contributed by atoms with E-state index >= 15 is 0 Å². The van der Waals surface area contributed by atoms with Crippen LogP contribution in [0.3, 0.4) is 0 Å². The van der Waals surface area contributed by atoms with Crippen LogP contribution in [0.4, 0.5) is 0 Å². The Labute approximate surface area is 221 Å². The van der Waals surface area contributed by atoms with Gasteiger partial charge in [-0.15, -0.1) is 0 Å². The number of hydrogen-bond acceptors (Lipinski definition) is 10. The van der Waals surface area contributed by atoms with Gasteiger partial charge in [0.05, 0.1) is 33.4 Å². The van der Waals surface area contributed by atoms with Crippen LogP contribution >= 0.6 is 0 Å². The molecule has 6 rings (SSSR count). The fourth-order valence-corrected chi connectivity index (χ4v) is 6.06. The van der Waals surface area contributed by atoms with Gasteiger partial charge in [0.1, 0.15) is 22.7 Å². The summed E-state index contributed by atoms with van der Waals surface area (Å²) in [5.41, 5.74) is -6.30. The molecule has 1 heterocycles. The lowest BCUT2D eigenvalue weighted by Gasteiger charge is -2.27. The van der Waals surface area contributed by atoms with Gasteiger partial charge >= 0.3 is 0 Å². The molecule has 0 fully saturated rings. The molecule has 0 radical (unpaired) electrons. The molecule has 1 unspecified atom stereocenters. The third kappa shape index (κ3) is 2.94. The molecule has 1 aromatic carbocycles. The van der Waals surface area contributed by atoms with Crippen LogP contribution in [0, 0.1) is 10.4 Å². The van der Waals surface area contributed by atoms with E-state index in [9.17, 15) is 44.1 Å². The minimum atomic E-state index is -1.97. The van der Waals surface area contributed by atoms with Gasteiger partial charge < -0.3 is 25.0 Å². The topological polar surface area (TPSA) is 188 Å². The number of ether oxygens (including phenoxy) is 1. The highest BCUT2D eigenvalue weighted by Crippen LogP contribution is 2.54. The number of methoxy groups -OCH3 is 1. The zero-order valence-electron chi connectivity index (χ0n) is 21.0. The molecule has 0 aliphatic heterocycles. The lowest BCUT2D eigenvalue weighted by atomic mass is 9.78. The van der Waals surface area contributed by atoms with E-state index < -0.39 is 76.6 Å². The highest BCUT2D eigenvalue weighted by Gasteiger charge is 2.53. The second-order valence-electron chi connectivity index (χ2n) is 9.89. The van der Waals surface area contributed by atoms with Gasteiger partial charge in [-0.2, -0.15) is 0 Å². The Morgan fingerprint density at radius 1 is 0.925 bits per heavy atom. The van der Waals surface area contributed by atoms with Gasteiger partial charge in [0.25, 0.3) is 5.56 Å². The fourth-order valence-electron chi connectivity index (χ4n) is 6.06. The maximum atomic E-state index is 13.5. The Bertz CT molecular complexity index is 2380. The highest BCUT2D eigenvalue weighted by atomic mass is 16.5. The number of phenols is 1. The predicted molar refractivity (Wildman–Crippen MR) is 143 cm³/mol. The van der Waals surface area contributed by atoms with Crippen molar-refractivity contribution in [3.8, 4) is 11.5 Å². The Kier molecular flexibility index (Phi) is 5.05. The van der Waals surface area contributed by atoms with E-state index in [1.165, 1.54) is 25.1 Å². The summed E-state index contributed by atoms with van der Waals surface area (Å²) in [6.45, 7) is 1.34. The number of nitrogens with one attached hydrogen (secondary N) is 1. The average molecular weight is 541 g/mol. The summed E-state index contributed by atoms with van der Waals surface area (Å²) < 4.78 is 4.88. The molecular weight excluding hydrogens is 522 g/mol. The first-order valence-electron chi connectivity index (χ1n) is 12.1. The first-order chi connectivity index (χ1) is 18.9. The number of aryl methyl sites for hydroxylation is 1. The highest BCUT2D eigenvalue weighted by molar-refractivity contribution is 5.96. The molecule has 11 heteroatoms. The largest absolute Gasteiger partial charge is 0.510 e. The summed E-state index contributed by atoms with van der Waals surface area (Å²) in [5, 5.41) is 31.6. The summed E-state index contributed by atoms with van der Waals surface area (Å²) in [4.78, 5) is 79.4. The van der Waals surface area contributed by atoms with E-state index in [4.69, 9.17) is 4.74 Å². The number of aliphatic hydroxyl groups is 2. The Hall–Kier alpha value is -5.32. The number of hydrogen-bond donors (Lipinski definition) is 4. The Balaban J connectivity index is 1.75. The number of aromatic amines is 1. The first-order valence-corrected chi connectivity index (χ1v) is 12.1. The van der Waals surface area contributed by atoms with Gasteiger partial charge in [0.15, 0.2) is 17.0 Å². The number of rotatable bonds is 3. The van der Waals surface area contributed by atoms with Crippen LogP contribution in [-0.4, -0.2) is 33.2 Å². The molecule has 11 nitrogen and oxygen atoms in total. The van der Waals surface area contributed by atoms with Gasteiger partial charge in [0.2, 0.25) is 16.3 Å². The van der Waals surface area contributed by atoms with Gasteiger partial charge in [-0.25, -0.2) is 0 Å². The molecule has 4 aliphatic carbocycles. The van der Waals surface area contributed by atoms with Crippen LogP contribution in [-0.2, 0) is 16.6 Å². The van der Waals surface area contributed by atoms with E-state index in [0.717, 1.165) is 13.2 Å². The summed E-state index contributed by atoms with van der Waals surface area (Å²) in [7, 11) is 1.11. The van der Waals surface area contributed by atoms with Crippen molar-refractivity contribution < 1.29 is 24.9 Å². The van der Waals surface area contributed by atoms with E-state index in [1.807, 2.05) is 0 Å². The molecule has 0 bridgehead atoms. The van der Waals surface area contributed by atoms with Crippen molar-refractivity contribution in [2.24, 2.45) is 0 Å². The zero-order chi connectivity index (χ0) is 28.8. The van der Waals surface area contributed by atoms with E-state index in [1.54, 1.807) is 6.07 Å². The molecule has 4 aliphatic rings. The number of benzene rings is 1. The van der Waals surface area contributed by atoms with Crippen molar-refractivity contribution in [3.63, 3.8) is 0 Å². The van der Waals surface area contributed by atoms with Crippen LogP contribution < -0.4 is 42.4 Å². The molecule has 40 heavy (non-hydrogen) atoms. The lowest BCUT2D eigenvalue weighted by Crippen LogP contribution is -2.51. The predicted octanol–water partition coefficient (Wildman–Crippen LogP) is -0.884. The standard InChI is InChI=1S/C29H19NO10/c1-10(31)3-4-13-8-12-7-11-5-6-29(21(11)25(36)16(12)28(39)30-13)26(37)19-20(27(29)38)24(35)18-17(23(19)34)14(32)9-15(40-2)22(18)33/h3-4,7-9,36-38H,5-6H2,1-2H3,(H,30,39). The first kappa shape index (κ1) is 25.0.